The van der Waals surface area contributed by atoms with Crippen molar-refractivity contribution in [3.63, 3.8) is 0 Å². The minimum absolute atomic E-state index is 0.599. The summed E-state index contributed by atoms with van der Waals surface area (Å²) in [7, 11) is 3.96. The van der Waals surface area contributed by atoms with Gasteiger partial charge in [0.05, 0.1) is 6.61 Å². The van der Waals surface area contributed by atoms with Crippen LogP contribution in [0.15, 0.2) is 0 Å². The normalized spacial score (nSPS) is 13.8. The zero-order valence-electron chi connectivity index (χ0n) is 8.97. The fourth-order valence-corrected chi connectivity index (χ4v) is 1.34. The van der Waals surface area contributed by atoms with E-state index in [4.69, 9.17) is 4.74 Å². The molecule has 0 heterocycles. The van der Waals surface area contributed by atoms with Gasteiger partial charge in [-0.15, -0.1) is 0 Å². The van der Waals surface area contributed by atoms with Crippen molar-refractivity contribution in [2.24, 2.45) is 0 Å². The van der Waals surface area contributed by atoms with E-state index in [1.54, 1.807) is 7.11 Å². The summed E-state index contributed by atoms with van der Waals surface area (Å²) in [4.78, 5) is 2.40. The first kappa shape index (κ1) is 11.9. The van der Waals surface area contributed by atoms with Crippen LogP contribution in [0, 0.1) is 0 Å². The molecule has 0 aliphatic carbocycles. The van der Waals surface area contributed by atoms with Gasteiger partial charge in [0.2, 0.25) is 0 Å². The molecule has 2 nitrogen and oxygen atoms in total. The van der Waals surface area contributed by atoms with Crippen LogP contribution in [0.2, 0.25) is 0 Å². The number of rotatable bonds is 7. The van der Waals surface area contributed by atoms with Crippen molar-refractivity contribution < 1.29 is 4.74 Å². The highest BCUT2D eigenvalue weighted by Crippen LogP contribution is 2.03. The Morgan fingerprint density at radius 3 is 2.42 bits per heavy atom. The van der Waals surface area contributed by atoms with Gasteiger partial charge in [0, 0.05) is 13.2 Å². The van der Waals surface area contributed by atoms with E-state index in [0.717, 1.165) is 6.61 Å². The summed E-state index contributed by atoms with van der Waals surface area (Å²) in [6, 6.07) is 0.599. The van der Waals surface area contributed by atoms with E-state index in [-0.39, 0.29) is 0 Å². The molecule has 0 N–H and O–H groups in total. The molecule has 0 spiro atoms. The summed E-state index contributed by atoms with van der Waals surface area (Å²) in [5.74, 6) is 0. The van der Waals surface area contributed by atoms with Crippen LogP contribution < -0.4 is 0 Å². The van der Waals surface area contributed by atoms with Crippen LogP contribution in [-0.4, -0.2) is 38.3 Å². The Labute approximate surface area is 76.9 Å². The van der Waals surface area contributed by atoms with Gasteiger partial charge >= 0.3 is 0 Å². The maximum absolute atomic E-state index is 5.15. The lowest BCUT2D eigenvalue weighted by molar-refractivity contribution is 0.103. The number of hydrogen-bond acceptors (Lipinski definition) is 2. The molecule has 0 aromatic carbocycles. The van der Waals surface area contributed by atoms with E-state index in [1.807, 2.05) is 0 Å². The van der Waals surface area contributed by atoms with Gasteiger partial charge in [-0.25, -0.2) is 0 Å². The molecule has 0 saturated heterocycles. The highest BCUT2D eigenvalue weighted by molar-refractivity contribution is 4.65. The molecule has 0 rings (SSSR count). The quantitative estimate of drug-likeness (QED) is 0.585. The summed E-state index contributed by atoms with van der Waals surface area (Å²) in [5.41, 5.74) is 0. The topological polar surface area (TPSA) is 12.5 Å². The van der Waals surface area contributed by atoms with Crippen LogP contribution in [-0.2, 0) is 4.74 Å². The van der Waals surface area contributed by atoms with Crippen LogP contribution in [0.1, 0.15) is 33.1 Å². The van der Waals surface area contributed by atoms with Crippen LogP contribution in [0.25, 0.3) is 0 Å². The SMILES string of the molecule is CCCCN(C)C(CC)COC. The second-order valence-electron chi connectivity index (χ2n) is 3.35. The molecule has 1 unspecified atom stereocenters. The standard InChI is InChI=1S/C10H23NO/c1-5-7-8-11(3)10(6-2)9-12-4/h10H,5-9H2,1-4H3. The van der Waals surface area contributed by atoms with Crippen molar-refractivity contribution in [1.82, 2.24) is 4.90 Å². The highest BCUT2D eigenvalue weighted by atomic mass is 16.5. The second kappa shape index (κ2) is 7.56. The van der Waals surface area contributed by atoms with Crippen LogP contribution in [0.4, 0.5) is 0 Å². The van der Waals surface area contributed by atoms with Gasteiger partial charge in [-0.05, 0) is 26.4 Å². The molecule has 0 radical (unpaired) electrons. The van der Waals surface area contributed by atoms with Gasteiger partial charge < -0.3 is 9.64 Å². The first-order valence-electron chi connectivity index (χ1n) is 4.95. The van der Waals surface area contributed by atoms with Crippen molar-refractivity contribution in [3.8, 4) is 0 Å². The van der Waals surface area contributed by atoms with Crippen LogP contribution in [0.5, 0.6) is 0 Å². The maximum atomic E-state index is 5.15. The van der Waals surface area contributed by atoms with Crippen LogP contribution >= 0.6 is 0 Å². The molecule has 1 atom stereocenters. The van der Waals surface area contributed by atoms with Crippen molar-refractivity contribution in [2.75, 3.05) is 27.3 Å². The zero-order chi connectivity index (χ0) is 9.40. The van der Waals surface area contributed by atoms with E-state index >= 15 is 0 Å². The van der Waals surface area contributed by atoms with Crippen molar-refractivity contribution in [2.45, 2.75) is 39.2 Å². The Morgan fingerprint density at radius 1 is 1.33 bits per heavy atom. The van der Waals surface area contributed by atoms with Gasteiger partial charge in [0.25, 0.3) is 0 Å². The van der Waals surface area contributed by atoms with Gasteiger partial charge in [0.1, 0.15) is 0 Å². The van der Waals surface area contributed by atoms with E-state index in [2.05, 4.69) is 25.8 Å². The Morgan fingerprint density at radius 2 is 2.00 bits per heavy atom. The fourth-order valence-electron chi connectivity index (χ4n) is 1.34. The van der Waals surface area contributed by atoms with E-state index in [9.17, 15) is 0 Å². The van der Waals surface area contributed by atoms with E-state index < -0.39 is 0 Å². The van der Waals surface area contributed by atoms with E-state index in [1.165, 1.54) is 25.8 Å². The third-order valence-electron chi connectivity index (χ3n) is 2.32. The second-order valence-corrected chi connectivity index (χ2v) is 3.35. The predicted molar refractivity (Wildman–Crippen MR) is 53.5 cm³/mol. The highest BCUT2D eigenvalue weighted by Gasteiger charge is 2.10. The number of nitrogens with zero attached hydrogens (tertiary/aromatic N) is 1. The molecule has 0 fully saturated rings. The van der Waals surface area contributed by atoms with Crippen molar-refractivity contribution >= 4 is 0 Å². The Bertz CT molecular complexity index is 95.8. The first-order chi connectivity index (χ1) is 5.76. The van der Waals surface area contributed by atoms with Gasteiger partial charge in [-0.3, -0.25) is 0 Å². The molecule has 2 heteroatoms. The minimum atomic E-state index is 0.599. The zero-order valence-corrected chi connectivity index (χ0v) is 8.97. The monoisotopic (exact) mass is 173 g/mol. The van der Waals surface area contributed by atoms with Gasteiger partial charge in [-0.2, -0.15) is 0 Å². The molecule has 74 valence electrons. The smallest absolute Gasteiger partial charge is 0.0617 e. The minimum Gasteiger partial charge on any atom is -0.383 e. The lowest BCUT2D eigenvalue weighted by Gasteiger charge is -2.26. The molecule has 0 aliphatic rings. The summed E-state index contributed by atoms with van der Waals surface area (Å²) in [6.07, 6.45) is 3.73. The predicted octanol–water partition coefficient (Wildman–Crippen LogP) is 2.14. The molecule has 0 amide bonds. The number of likely N-dealkylation sites (N-methyl/N-ethyl adjacent to an activating group) is 1. The Balaban J connectivity index is 3.60. The Kier molecular flexibility index (Phi) is 7.51. The lowest BCUT2D eigenvalue weighted by atomic mass is 10.2. The molecule has 12 heavy (non-hydrogen) atoms. The van der Waals surface area contributed by atoms with E-state index in [0.29, 0.717) is 6.04 Å². The lowest BCUT2D eigenvalue weighted by Crippen LogP contribution is -2.35. The van der Waals surface area contributed by atoms with Crippen molar-refractivity contribution in [1.29, 1.82) is 0 Å². The molecule has 0 aromatic rings. The molecule has 0 aromatic heterocycles. The van der Waals surface area contributed by atoms with Gasteiger partial charge in [-0.1, -0.05) is 20.3 Å². The molecule has 0 aliphatic heterocycles. The number of unbranched alkanes of at least 4 members (excludes halogenated alkanes) is 1. The molecular weight excluding hydrogens is 150 g/mol. The summed E-state index contributed by atoms with van der Waals surface area (Å²) in [6.45, 7) is 6.49. The number of methoxy groups -OCH3 is 1. The first-order valence-corrected chi connectivity index (χ1v) is 4.95. The number of hydrogen-bond donors (Lipinski definition) is 0. The maximum Gasteiger partial charge on any atom is 0.0617 e. The average Bonchev–Trinajstić information content (AvgIpc) is 2.10. The van der Waals surface area contributed by atoms with Crippen molar-refractivity contribution in [3.05, 3.63) is 0 Å². The van der Waals surface area contributed by atoms with Crippen LogP contribution in [0.3, 0.4) is 0 Å². The van der Waals surface area contributed by atoms with Gasteiger partial charge in [0.15, 0.2) is 0 Å². The summed E-state index contributed by atoms with van der Waals surface area (Å²) < 4.78 is 5.15. The summed E-state index contributed by atoms with van der Waals surface area (Å²) in [5, 5.41) is 0. The largest absolute Gasteiger partial charge is 0.383 e. The third-order valence-corrected chi connectivity index (χ3v) is 2.32. The summed E-state index contributed by atoms with van der Waals surface area (Å²) >= 11 is 0. The third kappa shape index (κ3) is 4.73. The Hall–Kier alpha value is -0.0800. The molecular formula is C10H23NO. The number of ether oxygens (including phenoxy) is 1. The average molecular weight is 173 g/mol. The fraction of sp³-hybridized carbons (Fsp3) is 1.00. The molecule has 0 saturated carbocycles. The molecule has 0 bridgehead atoms.